The van der Waals surface area contributed by atoms with E-state index in [1.165, 1.54) is 12.8 Å². The molecule has 0 radical (unpaired) electrons. The van der Waals surface area contributed by atoms with E-state index in [9.17, 15) is 4.79 Å². The summed E-state index contributed by atoms with van der Waals surface area (Å²) in [5.74, 6) is 1.87. The fourth-order valence-corrected chi connectivity index (χ4v) is 4.82. The molecule has 1 aromatic carbocycles. The summed E-state index contributed by atoms with van der Waals surface area (Å²) in [6.45, 7) is 5.75. The third-order valence-corrected chi connectivity index (χ3v) is 7.01. The molecule has 188 valence electrons. The van der Waals surface area contributed by atoms with Gasteiger partial charge in [0.2, 0.25) is 0 Å². The van der Waals surface area contributed by atoms with Crippen molar-refractivity contribution in [3.8, 4) is 11.3 Å². The third-order valence-electron chi connectivity index (χ3n) is 7.01. The molecule has 0 atom stereocenters. The number of rotatable bonds is 5. The highest BCUT2D eigenvalue weighted by molar-refractivity contribution is 6.04. The van der Waals surface area contributed by atoms with Crippen LogP contribution < -0.4 is 15.1 Å². The maximum Gasteiger partial charge on any atom is 0.257 e. The van der Waals surface area contributed by atoms with Crippen molar-refractivity contribution < 1.29 is 4.79 Å². The lowest BCUT2D eigenvalue weighted by Gasteiger charge is -2.33. The molecular formula is C27H29N9O. The number of carbonyl (C=O) groups excluding carboxylic acids is 1. The first-order valence-corrected chi connectivity index (χ1v) is 12.7. The zero-order valence-corrected chi connectivity index (χ0v) is 20.8. The second-order valence-corrected chi connectivity index (χ2v) is 9.61. The predicted molar refractivity (Wildman–Crippen MR) is 144 cm³/mol. The maximum absolute atomic E-state index is 13.0. The fourth-order valence-electron chi connectivity index (χ4n) is 4.82. The second-order valence-electron chi connectivity index (χ2n) is 9.61. The van der Waals surface area contributed by atoms with Crippen LogP contribution in [0, 0.1) is 0 Å². The van der Waals surface area contributed by atoms with Crippen LogP contribution in [0.5, 0.6) is 0 Å². The molecule has 2 aliphatic rings. The van der Waals surface area contributed by atoms with Gasteiger partial charge in [-0.25, -0.2) is 9.97 Å². The zero-order chi connectivity index (χ0) is 25.2. The lowest BCUT2D eigenvalue weighted by Crippen LogP contribution is -2.44. The predicted octanol–water partition coefficient (Wildman–Crippen LogP) is 3.09. The fraction of sp³-hybridized carbons (Fsp3) is 0.333. The smallest absolute Gasteiger partial charge is 0.257 e. The quantitative estimate of drug-likeness (QED) is 0.447. The number of aromatic nitrogens is 5. The molecule has 37 heavy (non-hydrogen) atoms. The minimum absolute atomic E-state index is 0.244. The molecule has 3 aromatic heterocycles. The monoisotopic (exact) mass is 495 g/mol. The number of piperazine rings is 1. The molecule has 0 aliphatic carbocycles. The molecule has 1 amide bonds. The Hall–Kier alpha value is -4.18. The van der Waals surface area contributed by atoms with Gasteiger partial charge in [0.15, 0.2) is 5.82 Å². The van der Waals surface area contributed by atoms with Crippen molar-refractivity contribution in [3.05, 3.63) is 60.6 Å². The summed E-state index contributed by atoms with van der Waals surface area (Å²) in [5.41, 5.74) is 3.03. The summed E-state index contributed by atoms with van der Waals surface area (Å²) in [7, 11) is 2.11. The Labute approximate surface area is 215 Å². The van der Waals surface area contributed by atoms with Gasteiger partial charge in [0.25, 0.3) is 5.91 Å². The second kappa shape index (κ2) is 10.1. The Morgan fingerprint density at radius 2 is 1.68 bits per heavy atom. The van der Waals surface area contributed by atoms with E-state index >= 15 is 0 Å². The van der Waals surface area contributed by atoms with Crippen LogP contribution in [0.4, 0.5) is 17.5 Å². The number of anilines is 3. The van der Waals surface area contributed by atoms with Gasteiger partial charge in [-0.15, -0.1) is 10.2 Å². The highest BCUT2D eigenvalue weighted by Gasteiger charge is 2.18. The molecule has 0 spiro atoms. The van der Waals surface area contributed by atoms with Crippen molar-refractivity contribution in [3.63, 3.8) is 0 Å². The summed E-state index contributed by atoms with van der Waals surface area (Å²) < 4.78 is 0. The summed E-state index contributed by atoms with van der Waals surface area (Å²) >= 11 is 0. The minimum Gasteiger partial charge on any atom is -0.355 e. The molecule has 0 saturated carbocycles. The van der Waals surface area contributed by atoms with Gasteiger partial charge in [-0.3, -0.25) is 9.78 Å². The summed E-state index contributed by atoms with van der Waals surface area (Å²) in [6, 6.07) is 11.3. The number of nitrogens with one attached hydrogen (secondary N) is 1. The summed E-state index contributed by atoms with van der Waals surface area (Å²) in [5, 5.41) is 12.3. The van der Waals surface area contributed by atoms with Crippen molar-refractivity contribution in [1.82, 2.24) is 30.0 Å². The van der Waals surface area contributed by atoms with E-state index in [0.29, 0.717) is 11.4 Å². The number of hydrogen-bond acceptors (Lipinski definition) is 9. The molecule has 10 heteroatoms. The van der Waals surface area contributed by atoms with Crippen molar-refractivity contribution >= 4 is 34.3 Å². The van der Waals surface area contributed by atoms with Crippen LogP contribution >= 0.6 is 0 Å². The summed E-state index contributed by atoms with van der Waals surface area (Å²) in [6.07, 6.45) is 7.65. The van der Waals surface area contributed by atoms with E-state index in [2.05, 4.69) is 47.2 Å². The average Bonchev–Trinajstić information content (AvgIpc) is 3.49. The van der Waals surface area contributed by atoms with Crippen LogP contribution in [0.15, 0.2) is 55.0 Å². The normalized spacial score (nSPS) is 16.4. The van der Waals surface area contributed by atoms with E-state index in [1.807, 2.05) is 36.5 Å². The van der Waals surface area contributed by atoms with Crippen LogP contribution in [-0.4, -0.2) is 82.3 Å². The Bertz CT molecular complexity index is 1430. The SMILES string of the molecule is CN1CCN(c2cc(C(=O)Nc3cc4cc(-c5cncc(N6CCCC6)n5)ccc4nn3)ccn2)CC1. The van der Waals surface area contributed by atoms with Gasteiger partial charge in [-0.05, 0) is 50.2 Å². The number of hydrogen-bond donors (Lipinski definition) is 1. The first kappa shape index (κ1) is 23.2. The molecule has 5 heterocycles. The maximum atomic E-state index is 13.0. The van der Waals surface area contributed by atoms with E-state index in [4.69, 9.17) is 4.98 Å². The van der Waals surface area contributed by atoms with E-state index in [0.717, 1.165) is 73.1 Å². The number of fused-ring (bicyclic) bond motifs is 1. The van der Waals surface area contributed by atoms with Gasteiger partial charge in [-0.2, -0.15) is 0 Å². The average molecular weight is 496 g/mol. The van der Waals surface area contributed by atoms with Crippen LogP contribution in [0.2, 0.25) is 0 Å². The number of carbonyl (C=O) groups is 1. The van der Waals surface area contributed by atoms with Crippen molar-refractivity contribution in [2.24, 2.45) is 0 Å². The summed E-state index contributed by atoms with van der Waals surface area (Å²) in [4.78, 5) is 33.5. The molecule has 6 rings (SSSR count). The van der Waals surface area contributed by atoms with Crippen LogP contribution in [0.3, 0.4) is 0 Å². The number of likely N-dealkylation sites (N-methyl/N-ethyl adjacent to an activating group) is 1. The largest absolute Gasteiger partial charge is 0.355 e. The van der Waals surface area contributed by atoms with E-state index < -0.39 is 0 Å². The Morgan fingerprint density at radius 1 is 0.865 bits per heavy atom. The van der Waals surface area contributed by atoms with Gasteiger partial charge in [0, 0.05) is 62.0 Å². The van der Waals surface area contributed by atoms with Crippen molar-refractivity contribution in [2.75, 3.05) is 61.4 Å². The van der Waals surface area contributed by atoms with Gasteiger partial charge < -0.3 is 20.0 Å². The zero-order valence-electron chi connectivity index (χ0n) is 20.8. The molecule has 10 nitrogen and oxygen atoms in total. The van der Waals surface area contributed by atoms with Crippen LogP contribution in [0.25, 0.3) is 22.2 Å². The number of amides is 1. The van der Waals surface area contributed by atoms with Gasteiger partial charge in [0.1, 0.15) is 11.6 Å². The standard InChI is InChI=1S/C27H29N9O/c1-34-10-12-36(13-11-34)25-16-20(6-7-29-25)27(37)31-24-15-21-14-19(4-5-22(21)32-33-24)23-17-28-18-26(30-23)35-8-2-3-9-35/h4-7,14-18H,2-3,8-13H2,1H3,(H,31,33,37). The highest BCUT2D eigenvalue weighted by Crippen LogP contribution is 2.26. The molecule has 0 bridgehead atoms. The first-order chi connectivity index (χ1) is 18.1. The number of nitrogens with zero attached hydrogens (tertiary/aromatic N) is 8. The molecular weight excluding hydrogens is 466 g/mol. The van der Waals surface area contributed by atoms with Crippen LogP contribution in [0.1, 0.15) is 23.2 Å². The lowest BCUT2D eigenvalue weighted by molar-refractivity contribution is 0.102. The molecule has 2 saturated heterocycles. The number of benzene rings is 1. The molecule has 2 fully saturated rings. The van der Waals surface area contributed by atoms with Gasteiger partial charge >= 0.3 is 0 Å². The Kier molecular flexibility index (Phi) is 6.32. The van der Waals surface area contributed by atoms with E-state index in [-0.39, 0.29) is 5.91 Å². The highest BCUT2D eigenvalue weighted by atomic mass is 16.1. The van der Waals surface area contributed by atoms with Gasteiger partial charge in [-0.1, -0.05) is 6.07 Å². The minimum atomic E-state index is -0.244. The lowest BCUT2D eigenvalue weighted by atomic mass is 10.1. The molecule has 2 aliphatic heterocycles. The Morgan fingerprint density at radius 3 is 2.51 bits per heavy atom. The first-order valence-electron chi connectivity index (χ1n) is 12.7. The molecule has 4 aromatic rings. The Balaban J connectivity index is 1.21. The number of pyridine rings is 1. The van der Waals surface area contributed by atoms with Crippen molar-refractivity contribution in [2.45, 2.75) is 12.8 Å². The topological polar surface area (TPSA) is 103 Å². The third kappa shape index (κ3) is 5.05. The molecule has 0 unspecified atom stereocenters. The van der Waals surface area contributed by atoms with Crippen molar-refractivity contribution in [1.29, 1.82) is 0 Å². The molecule has 1 N–H and O–H groups in total. The van der Waals surface area contributed by atoms with Crippen LogP contribution in [-0.2, 0) is 0 Å². The van der Waals surface area contributed by atoms with E-state index in [1.54, 1.807) is 18.5 Å². The van der Waals surface area contributed by atoms with Gasteiger partial charge in [0.05, 0.1) is 23.6 Å².